The van der Waals surface area contributed by atoms with Crippen LogP contribution in [0.15, 0.2) is 48.5 Å². The maximum absolute atomic E-state index is 12.9. The number of alkyl halides is 3. The highest BCUT2D eigenvalue weighted by atomic mass is 19.4. The van der Waals surface area contributed by atoms with Crippen molar-refractivity contribution in [3.63, 3.8) is 0 Å². The second-order valence-electron chi connectivity index (χ2n) is 13.7. The van der Waals surface area contributed by atoms with Gasteiger partial charge in [-0.05, 0) is 98.7 Å². The molecule has 2 aliphatic rings. The molecule has 1 atom stereocenters. The summed E-state index contributed by atoms with van der Waals surface area (Å²) in [5.74, 6) is -1.46. The third-order valence-corrected chi connectivity index (χ3v) is 8.98. The molecular formula is C36H50F3N3O4. The standard InChI is InChI=1S/C34H49N3O2.C2HF3O2/c1-6-19-37(24-26-17-20-36(21-18-26)33(39)29-10-8-11-29)25(2)22-27-9-7-12-31(23-27)35-32(38)28-13-15-30(16-14-28)34(3,4)5;3-2(4,5)1(6)7/h7,9,12-16,23,25-26,29H,6,8,10-11,17-22,24H2,1-5H3,(H,35,38);(H,6,7). The number of aliphatic carboxylic acids is 1. The van der Waals surface area contributed by atoms with E-state index >= 15 is 0 Å². The highest BCUT2D eigenvalue weighted by molar-refractivity contribution is 6.04. The van der Waals surface area contributed by atoms with E-state index < -0.39 is 12.1 Å². The zero-order valence-corrected chi connectivity index (χ0v) is 27.8. The molecule has 4 rings (SSSR count). The molecule has 0 spiro atoms. The number of amides is 2. The lowest BCUT2D eigenvalue weighted by Gasteiger charge is -2.39. The lowest BCUT2D eigenvalue weighted by Crippen LogP contribution is -2.46. The fourth-order valence-corrected chi connectivity index (χ4v) is 5.93. The maximum atomic E-state index is 12.9. The zero-order chi connectivity index (χ0) is 34.1. The fraction of sp³-hybridized carbons (Fsp3) is 0.583. The highest BCUT2D eigenvalue weighted by Gasteiger charge is 2.38. The second kappa shape index (κ2) is 16.4. The van der Waals surface area contributed by atoms with Crippen molar-refractivity contribution in [3.05, 3.63) is 65.2 Å². The monoisotopic (exact) mass is 645 g/mol. The number of halogens is 3. The van der Waals surface area contributed by atoms with Gasteiger partial charge in [0.1, 0.15) is 0 Å². The summed E-state index contributed by atoms with van der Waals surface area (Å²) in [4.78, 5) is 39.2. The van der Waals surface area contributed by atoms with Crippen LogP contribution < -0.4 is 5.32 Å². The number of hydrogen-bond donors (Lipinski definition) is 2. The molecule has 2 aromatic carbocycles. The Hall–Kier alpha value is -3.40. The van der Waals surface area contributed by atoms with Crippen LogP contribution in [0.4, 0.5) is 18.9 Å². The molecule has 1 aliphatic heterocycles. The highest BCUT2D eigenvalue weighted by Crippen LogP contribution is 2.30. The van der Waals surface area contributed by atoms with E-state index in [9.17, 15) is 22.8 Å². The summed E-state index contributed by atoms with van der Waals surface area (Å²) in [5, 5.41) is 10.2. The van der Waals surface area contributed by atoms with Crippen LogP contribution in [0.1, 0.15) is 94.6 Å². The van der Waals surface area contributed by atoms with Crippen molar-refractivity contribution in [2.24, 2.45) is 11.8 Å². The number of carbonyl (C=O) groups excluding carboxylic acids is 2. The minimum atomic E-state index is -5.08. The van der Waals surface area contributed by atoms with Gasteiger partial charge in [0.2, 0.25) is 5.91 Å². The Morgan fingerprint density at radius 3 is 2.11 bits per heavy atom. The molecular weight excluding hydrogens is 595 g/mol. The van der Waals surface area contributed by atoms with Gasteiger partial charge >= 0.3 is 12.1 Å². The van der Waals surface area contributed by atoms with Gasteiger partial charge in [-0.15, -0.1) is 0 Å². The van der Waals surface area contributed by atoms with Crippen molar-refractivity contribution >= 4 is 23.5 Å². The van der Waals surface area contributed by atoms with Crippen molar-refractivity contribution < 1.29 is 32.7 Å². The lowest BCUT2D eigenvalue weighted by atomic mass is 9.83. The normalized spacial score (nSPS) is 16.7. The van der Waals surface area contributed by atoms with Crippen LogP contribution in [-0.2, 0) is 21.4 Å². The molecule has 7 nitrogen and oxygen atoms in total. The van der Waals surface area contributed by atoms with Crippen LogP contribution in [0.2, 0.25) is 0 Å². The van der Waals surface area contributed by atoms with Gasteiger partial charge in [0, 0.05) is 42.8 Å². The number of likely N-dealkylation sites (tertiary alicyclic amines) is 1. The predicted molar refractivity (Wildman–Crippen MR) is 175 cm³/mol. The van der Waals surface area contributed by atoms with Gasteiger partial charge < -0.3 is 20.2 Å². The molecule has 2 amide bonds. The summed E-state index contributed by atoms with van der Waals surface area (Å²) in [7, 11) is 0. The first-order valence-electron chi connectivity index (χ1n) is 16.4. The number of carboxylic acids is 1. The molecule has 2 fully saturated rings. The van der Waals surface area contributed by atoms with E-state index in [0.717, 1.165) is 70.4 Å². The molecule has 1 unspecified atom stereocenters. The van der Waals surface area contributed by atoms with Crippen LogP contribution in [0.5, 0.6) is 0 Å². The molecule has 10 heteroatoms. The summed E-state index contributed by atoms with van der Waals surface area (Å²) in [5.41, 5.74) is 4.05. The van der Waals surface area contributed by atoms with Crippen LogP contribution in [0, 0.1) is 11.8 Å². The van der Waals surface area contributed by atoms with Gasteiger partial charge in [-0.25, -0.2) is 4.79 Å². The first kappa shape index (κ1) is 37.1. The molecule has 2 aromatic rings. The topological polar surface area (TPSA) is 90.0 Å². The Bertz CT molecular complexity index is 1290. The number of benzene rings is 2. The Kier molecular flexibility index (Phi) is 13.2. The molecule has 0 radical (unpaired) electrons. The molecule has 1 heterocycles. The Morgan fingerprint density at radius 1 is 1.00 bits per heavy atom. The number of rotatable bonds is 10. The minimum Gasteiger partial charge on any atom is -0.475 e. The van der Waals surface area contributed by atoms with Crippen LogP contribution >= 0.6 is 0 Å². The van der Waals surface area contributed by atoms with E-state index in [-0.39, 0.29) is 11.3 Å². The summed E-state index contributed by atoms with van der Waals surface area (Å²) >= 11 is 0. The van der Waals surface area contributed by atoms with E-state index in [1.54, 1.807) is 0 Å². The van der Waals surface area contributed by atoms with E-state index in [0.29, 0.717) is 29.3 Å². The fourth-order valence-electron chi connectivity index (χ4n) is 5.93. The summed E-state index contributed by atoms with van der Waals surface area (Å²) < 4.78 is 31.7. The van der Waals surface area contributed by atoms with Gasteiger partial charge in [-0.3, -0.25) is 9.59 Å². The van der Waals surface area contributed by atoms with Gasteiger partial charge in [-0.2, -0.15) is 13.2 Å². The van der Waals surface area contributed by atoms with Crippen LogP contribution in [0.25, 0.3) is 0 Å². The quantitative estimate of drug-likeness (QED) is 0.279. The summed E-state index contributed by atoms with van der Waals surface area (Å²) in [6, 6.07) is 16.6. The Balaban J connectivity index is 0.000000738. The molecule has 254 valence electrons. The molecule has 1 saturated heterocycles. The van der Waals surface area contributed by atoms with Crippen LogP contribution in [0.3, 0.4) is 0 Å². The smallest absolute Gasteiger partial charge is 0.475 e. The number of nitrogens with one attached hydrogen (secondary N) is 1. The third kappa shape index (κ3) is 11.1. The van der Waals surface area contributed by atoms with Gasteiger partial charge in [-0.1, -0.05) is 58.4 Å². The Morgan fingerprint density at radius 2 is 1.61 bits per heavy atom. The predicted octanol–water partition coefficient (Wildman–Crippen LogP) is 7.55. The van der Waals surface area contributed by atoms with Crippen LogP contribution in [-0.4, -0.2) is 71.1 Å². The average molecular weight is 646 g/mol. The van der Waals surface area contributed by atoms with Gasteiger partial charge in [0.25, 0.3) is 5.91 Å². The maximum Gasteiger partial charge on any atom is 0.490 e. The number of piperidine rings is 1. The van der Waals surface area contributed by atoms with E-state index in [1.807, 2.05) is 36.4 Å². The van der Waals surface area contributed by atoms with Crippen molar-refractivity contribution in [1.29, 1.82) is 0 Å². The molecule has 0 bridgehead atoms. The van der Waals surface area contributed by atoms with Crippen molar-refractivity contribution in [2.45, 2.75) is 97.2 Å². The minimum absolute atomic E-state index is 0.0671. The van der Waals surface area contributed by atoms with E-state index in [2.05, 4.69) is 61.9 Å². The van der Waals surface area contributed by atoms with Gasteiger partial charge in [0.05, 0.1) is 0 Å². The van der Waals surface area contributed by atoms with E-state index in [4.69, 9.17) is 9.90 Å². The molecule has 46 heavy (non-hydrogen) atoms. The second-order valence-corrected chi connectivity index (χ2v) is 13.7. The van der Waals surface area contributed by atoms with Crippen molar-refractivity contribution in [1.82, 2.24) is 9.80 Å². The molecule has 0 aromatic heterocycles. The first-order valence-corrected chi connectivity index (χ1v) is 16.4. The third-order valence-electron chi connectivity index (χ3n) is 8.98. The number of carboxylic acid groups (broad SMARTS) is 1. The number of carbonyl (C=O) groups is 3. The summed E-state index contributed by atoms with van der Waals surface area (Å²) in [6.07, 6.45) is 2.63. The number of anilines is 1. The first-order chi connectivity index (χ1) is 21.6. The molecule has 1 aliphatic carbocycles. The Labute approximate surface area is 271 Å². The van der Waals surface area contributed by atoms with E-state index in [1.165, 1.54) is 17.5 Å². The number of nitrogens with zero attached hydrogens (tertiary/aromatic N) is 2. The van der Waals surface area contributed by atoms with Crippen molar-refractivity contribution in [3.8, 4) is 0 Å². The largest absolute Gasteiger partial charge is 0.490 e. The SMILES string of the molecule is CCCN(CC1CCN(C(=O)C2CCC2)CC1)C(C)Cc1cccc(NC(=O)c2ccc(C(C)(C)C)cc2)c1.O=C(O)C(F)(F)F. The van der Waals surface area contributed by atoms with Crippen molar-refractivity contribution in [2.75, 3.05) is 31.5 Å². The zero-order valence-electron chi connectivity index (χ0n) is 27.8. The molecule has 2 N–H and O–H groups in total. The average Bonchev–Trinajstić information content (AvgIpc) is 2.96. The lowest BCUT2D eigenvalue weighted by molar-refractivity contribution is -0.192. The number of hydrogen-bond acceptors (Lipinski definition) is 4. The molecule has 1 saturated carbocycles. The summed E-state index contributed by atoms with van der Waals surface area (Å²) in [6.45, 7) is 15.2. The van der Waals surface area contributed by atoms with Gasteiger partial charge in [0.15, 0.2) is 0 Å².